The average molecular weight is 458 g/mol. The van der Waals surface area contributed by atoms with E-state index in [1.807, 2.05) is 44.2 Å². The van der Waals surface area contributed by atoms with E-state index in [4.69, 9.17) is 16.3 Å². The minimum Gasteiger partial charge on any atom is -0.608 e. The Morgan fingerprint density at radius 3 is 2.59 bits per heavy atom. The zero-order valence-electron chi connectivity index (χ0n) is 18.8. The number of hydroxylamine groups is 1. The van der Waals surface area contributed by atoms with E-state index in [-0.39, 0.29) is 17.3 Å². The Morgan fingerprint density at radius 1 is 1.19 bits per heavy atom. The highest BCUT2D eigenvalue weighted by Gasteiger charge is 2.34. The number of halogens is 1. The highest BCUT2D eigenvalue weighted by Crippen LogP contribution is 2.26. The number of quaternary nitrogens is 1. The molecule has 1 fully saturated rings. The lowest BCUT2D eigenvalue weighted by molar-refractivity contribution is -0.857. The molecule has 6 nitrogen and oxygen atoms in total. The zero-order chi connectivity index (χ0) is 22.7. The molecule has 0 saturated carbocycles. The Balaban J connectivity index is 1.24. The maximum atomic E-state index is 12.8. The number of fused-ring (bicyclic) bond motifs is 1. The molecule has 0 spiro atoms. The lowest BCUT2D eigenvalue weighted by atomic mass is 9.86. The smallest absolute Gasteiger partial charge is 0.409 e. The molecule has 0 radical (unpaired) electrons. The summed E-state index contributed by atoms with van der Waals surface area (Å²) in [4.78, 5) is 14.3. The number of rotatable bonds is 4. The minimum atomic E-state index is -0.261. The van der Waals surface area contributed by atoms with E-state index in [0.717, 1.165) is 53.1 Å². The average Bonchev–Trinajstić information content (AvgIpc) is 2.95. The number of piperidine rings is 1. The molecule has 4 rings (SSSR count). The zero-order valence-corrected chi connectivity index (χ0v) is 19.6. The topological polar surface area (TPSA) is 69.1 Å². The van der Waals surface area contributed by atoms with Crippen molar-refractivity contribution >= 4 is 23.4 Å². The predicted octanol–water partition coefficient (Wildman–Crippen LogP) is 4.07. The Labute approximate surface area is 195 Å². The third kappa shape index (κ3) is 5.20. The molecule has 2 aromatic carbocycles. The van der Waals surface area contributed by atoms with E-state index < -0.39 is 0 Å². The van der Waals surface area contributed by atoms with Gasteiger partial charge in [0.05, 0.1) is 12.3 Å². The van der Waals surface area contributed by atoms with Crippen LogP contribution in [0.25, 0.3) is 0 Å². The number of likely N-dealkylation sites (tertiary alicyclic amines) is 1. The van der Waals surface area contributed by atoms with Gasteiger partial charge < -0.3 is 14.8 Å². The number of nitrogens with one attached hydrogen (secondary N) is 2. The lowest BCUT2D eigenvalue weighted by Gasteiger charge is -2.39. The van der Waals surface area contributed by atoms with Crippen LogP contribution in [-0.4, -0.2) is 36.7 Å². The summed E-state index contributed by atoms with van der Waals surface area (Å²) in [5.74, 6) is 0.299. The van der Waals surface area contributed by atoms with Gasteiger partial charge in [-0.25, -0.2) is 10.2 Å². The molecular weight excluding hydrogens is 426 g/mol. The molecule has 172 valence electrons. The number of carbonyl (C=O) groups is 1. The van der Waals surface area contributed by atoms with E-state index in [2.05, 4.69) is 11.5 Å². The molecule has 1 saturated heterocycles. The molecule has 7 heteroatoms. The monoisotopic (exact) mass is 457 g/mol. The molecule has 2 heterocycles. The van der Waals surface area contributed by atoms with Gasteiger partial charge in [0, 0.05) is 36.9 Å². The number of aryl methyl sites for hydroxylation is 3. The summed E-state index contributed by atoms with van der Waals surface area (Å²) in [6.45, 7) is 5.60. The molecule has 0 bridgehead atoms. The van der Waals surface area contributed by atoms with Gasteiger partial charge in [0.1, 0.15) is 6.04 Å². The SMILES string of the molecule is Cc1cc(CCOC(=O)N2CCC(C3CCc4ccccc4N[N@@H+]3[O-])CC2)cc(C)c1Cl. The number of nitrogens with zero attached hydrogens (tertiary/aromatic N) is 1. The molecule has 2 aliphatic rings. The molecule has 2 aliphatic heterocycles. The highest BCUT2D eigenvalue weighted by atomic mass is 35.5. The van der Waals surface area contributed by atoms with Crippen molar-refractivity contribution in [3.05, 3.63) is 68.9 Å². The van der Waals surface area contributed by atoms with Crippen LogP contribution in [0.1, 0.15) is 41.5 Å². The van der Waals surface area contributed by atoms with Gasteiger partial charge in [-0.05, 0) is 61.4 Å². The largest absolute Gasteiger partial charge is 0.608 e. The van der Waals surface area contributed by atoms with Crippen molar-refractivity contribution in [2.45, 2.75) is 52.0 Å². The summed E-state index contributed by atoms with van der Waals surface area (Å²) in [5, 5.41) is 13.7. The number of ether oxygens (including phenoxy) is 1. The van der Waals surface area contributed by atoms with Gasteiger partial charge in [0.15, 0.2) is 0 Å². The van der Waals surface area contributed by atoms with Gasteiger partial charge >= 0.3 is 6.09 Å². The molecule has 0 aromatic heterocycles. The number of hydrogen-bond donors (Lipinski definition) is 2. The first kappa shape index (κ1) is 22.9. The quantitative estimate of drug-likeness (QED) is 0.679. The number of para-hydroxylation sites is 1. The maximum Gasteiger partial charge on any atom is 0.409 e. The fraction of sp³-hybridized carbons (Fsp3) is 0.480. The fourth-order valence-corrected chi connectivity index (χ4v) is 5.10. The summed E-state index contributed by atoms with van der Waals surface area (Å²) >= 11 is 6.23. The second-order valence-corrected chi connectivity index (χ2v) is 9.40. The summed E-state index contributed by atoms with van der Waals surface area (Å²) in [7, 11) is 0. The second kappa shape index (κ2) is 10.1. The van der Waals surface area contributed by atoms with E-state index in [1.54, 1.807) is 4.90 Å². The number of benzene rings is 2. The molecule has 0 aliphatic carbocycles. The van der Waals surface area contributed by atoms with Crippen LogP contribution in [0.2, 0.25) is 5.02 Å². The number of hydrogen-bond acceptors (Lipinski definition) is 4. The van der Waals surface area contributed by atoms with Crippen LogP contribution >= 0.6 is 11.6 Å². The molecule has 2 N–H and O–H groups in total. The Hall–Kier alpha value is -2.28. The van der Waals surface area contributed by atoms with Gasteiger partial charge in [-0.15, -0.1) is 0 Å². The molecule has 2 aromatic rings. The first-order valence-electron chi connectivity index (χ1n) is 11.5. The van der Waals surface area contributed by atoms with E-state index >= 15 is 0 Å². The van der Waals surface area contributed by atoms with Crippen molar-refractivity contribution in [3.63, 3.8) is 0 Å². The summed E-state index contributed by atoms with van der Waals surface area (Å²) in [5.41, 5.74) is 8.45. The van der Waals surface area contributed by atoms with Crippen LogP contribution in [0.3, 0.4) is 0 Å². The summed E-state index contributed by atoms with van der Waals surface area (Å²) in [6, 6.07) is 12.1. The molecular formula is C25H32ClN3O3. The van der Waals surface area contributed by atoms with E-state index in [0.29, 0.717) is 32.0 Å². The third-order valence-corrected chi connectivity index (χ3v) is 7.41. The Bertz CT molecular complexity index is 936. The van der Waals surface area contributed by atoms with Gasteiger partial charge in [-0.3, -0.25) is 5.17 Å². The van der Waals surface area contributed by atoms with E-state index in [9.17, 15) is 10.0 Å². The van der Waals surface area contributed by atoms with Gasteiger partial charge in [0.2, 0.25) is 0 Å². The fourth-order valence-electron chi connectivity index (χ4n) is 4.99. The second-order valence-electron chi connectivity index (χ2n) is 9.02. The van der Waals surface area contributed by atoms with Crippen LogP contribution < -0.4 is 10.6 Å². The van der Waals surface area contributed by atoms with Crippen LogP contribution in [0.15, 0.2) is 36.4 Å². The van der Waals surface area contributed by atoms with Crippen molar-refractivity contribution in [2.75, 3.05) is 25.1 Å². The van der Waals surface area contributed by atoms with Gasteiger partial charge in [-0.1, -0.05) is 41.9 Å². The number of amides is 1. The van der Waals surface area contributed by atoms with Crippen molar-refractivity contribution in [2.24, 2.45) is 5.92 Å². The van der Waals surface area contributed by atoms with Crippen molar-refractivity contribution in [1.29, 1.82) is 0 Å². The molecule has 1 unspecified atom stereocenters. The number of anilines is 1. The maximum absolute atomic E-state index is 12.8. The van der Waals surface area contributed by atoms with Crippen molar-refractivity contribution in [1.82, 2.24) is 4.90 Å². The van der Waals surface area contributed by atoms with Crippen LogP contribution in [0, 0.1) is 25.0 Å². The minimum absolute atomic E-state index is 0.00282. The van der Waals surface area contributed by atoms with Crippen LogP contribution in [-0.2, 0) is 17.6 Å². The normalized spacial score (nSPS) is 21.4. The van der Waals surface area contributed by atoms with Crippen molar-refractivity contribution in [3.8, 4) is 0 Å². The summed E-state index contributed by atoms with van der Waals surface area (Å²) in [6.07, 6.45) is 3.84. The van der Waals surface area contributed by atoms with Crippen LogP contribution in [0.4, 0.5) is 10.5 Å². The highest BCUT2D eigenvalue weighted by molar-refractivity contribution is 6.32. The first-order valence-corrected chi connectivity index (χ1v) is 11.9. The Morgan fingerprint density at radius 2 is 1.88 bits per heavy atom. The first-order chi connectivity index (χ1) is 15.4. The lowest BCUT2D eigenvalue weighted by Crippen LogP contribution is -3.15. The number of carbonyl (C=O) groups excluding carboxylic acids is 1. The molecule has 2 atom stereocenters. The summed E-state index contributed by atoms with van der Waals surface area (Å²) < 4.78 is 5.53. The third-order valence-electron chi connectivity index (χ3n) is 6.82. The standard InChI is InChI=1S/C25H32ClN3O3/c1-17-15-19(16-18(2)24(17)26)11-14-32-25(30)28-12-9-21(10-13-28)23-8-7-20-5-3-4-6-22(20)27-29(23)31/h3-6,15-16,21,23,27,29H,7-14H2,1-2H3. The van der Waals surface area contributed by atoms with Gasteiger partial charge in [-0.2, -0.15) is 0 Å². The predicted molar refractivity (Wildman–Crippen MR) is 127 cm³/mol. The van der Waals surface area contributed by atoms with E-state index in [1.165, 1.54) is 5.56 Å². The van der Waals surface area contributed by atoms with Crippen LogP contribution in [0.5, 0.6) is 0 Å². The van der Waals surface area contributed by atoms with Crippen molar-refractivity contribution < 1.29 is 14.7 Å². The van der Waals surface area contributed by atoms with Gasteiger partial charge in [0.25, 0.3) is 0 Å². The molecule has 1 amide bonds. The Kier molecular flexibility index (Phi) is 7.23. The molecule has 32 heavy (non-hydrogen) atoms.